The number of phenols is 1. The van der Waals surface area contributed by atoms with E-state index in [0.29, 0.717) is 33.8 Å². The second kappa shape index (κ2) is 7.48. The van der Waals surface area contributed by atoms with Gasteiger partial charge >= 0.3 is 0 Å². The molecule has 1 aliphatic heterocycles. The van der Waals surface area contributed by atoms with Gasteiger partial charge in [-0.05, 0) is 68.3 Å². The van der Waals surface area contributed by atoms with Gasteiger partial charge in [0, 0.05) is 16.9 Å². The first-order valence-electron chi connectivity index (χ1n) is 12.3. The maximum Gasteiger partial charge on any atom is 0.175 e. The summed E-state index contributed by atoms with van der Waals surface area (Å²) in [5.74, 6) is 2.14. The molecular formula is C28H24F2N4O2. The molecule has 3 N–H and O–H groups in total. The van der Waals surface area contributed by atoms with E-state index >= 15 is 4.39 Å². The van der Waals surface area contributed by atoms with Gasteiger partial charge in [0.15, 0.2) is 5.82 Å². The van der Waals surface area contributed by atoms with E-state index in [4.69, 9.17) is 11.5 Å². The zero-order valence-corrected chi connectivity index (χ0v) is 19.6. The van der Waals surface area contributed by atoms with E-state index in [2.05, 4.69) is 16.2 Å². The Bertz CT molecular complexity index is 1620. The molecule has 6 nitrogen and oxygen atoms in total. The predicted molar refractivity (Wildman–Crippen MR) is 131 cm³/mol. The highest BCUT2D eigenvalue weighted by molar-refractivity contribution is 6.03. The van der Waals surface area contributed by atoms with Crippen molar-refractivity contribution >= 4 is 21.7 Å². The lowest BCUT2D eigenvalue weighted by molar-refractivity contribution is 0.196. The highest BCUT2D eigenvalue weighted by Crippen LogP contribution is 2.58. The van der Waals surface area contributed by atoms with Crippen molar-refractivity contribution in [2.24, 2.45) is 11.8 Å². The highest BCUT2D eigenvalue weighted by atomic mass is 19.1. The van der Waals surface area contributed by atoms with Crippen LogP contribution >= 0.6 is 0 Å². The molecule has 3 unspecified atom stereocenters. The quantitative estimate of drug-likeness (QED) is 0.369. The molecule has 2 saturated carbocycles. The zero-order valence-electron chi connectivity index (χ0n) is 19.6. The van der Waals surface area contributed by atoms with Crippen molar-refractivity contribution in [3.05, 3.63) is 52.9 Å². The van der Waals surface area contributed by atoms with Crippen LogP contribution in [-0.4, -0.2) is 38.1 Å². The van der Waals surface area contributed by atoms with Crippen molar-refractivity contribution in [2.75, 3.05) is 13.1 Å². The number of phenolic OH excluding ortho intramolecular Hbond substituents is 1. The Morgan fingerprint density at radius 2 is 1.92 bits per heavy atom. The molecule has 182 valence electrons. The van der Waals surface area contributed by atoms with E-state index in [9.17, 15) is 14.6 Å². The van der Waals surface area contributed by atoms with E-state index in [1.54, 1.807) is 11.6 Å². The number of terminal acetylenes is 1. The Labute approximate surface area is 206 Å². The molecule has 3 aliphatic rings. The first kappa shape index (κ1) is 21.7. The normalized spacial score (nSPS) is 23.7. The molecule has 1 saturated heterocycles. The fourth-order valence-corrected chi connectivity index (χ4v) is 6.13. The first-order chi connectivity index (χ1) is 17.4. The molecule has 2 aliphatic carbocycles. The standard InChI is InChI=1S/C28H24F2N4O2/c1-3-16-20(29)7-4-13-8-15(36)9-17(21(13)16)26-24(30)28-23(25(32-26)12(2)35)27(33-34(28)14-5-6-14)22-18-10-31-11-19(18)22/h1,4,7-9,12,14,18-19,22,31,35-36H,5-6,10-11H2,2H3. The van der Waals surface area contributed by atoms with Gasteiger partial charge in [-0.25, -0.2) is 13.8 Å². The maximum atomic E-state index is 16.6. The van der Waals surface area contributed by atoms with Crippen LogP contribution < -0.4 is 5.32 Å². The van der Waals surface area contributed by atoms with Crippen LogP contribution in [0.5, 0.6) is 5.75 Å². The number of nitrogens with zero attached hydrogens (tertiary/aromatic N) is 3. The number of aliphatic hydroxyl groups excluding tert-OH is 1. The third-order valence-electron chi connectivity index (χ3n) is 7.99. The SMILES string of the molecule is C#Cc1c(F)ccc2cc(O)cc(-c3nc(C(C)O)c4c(C5C6CNCC65)nn(C5CC5)c4c3F)c12. The number of hydrogen-bond acceptors (Lipinski definition) is 5. The molecule has 3 heterocycles. The summed E-state index contributed by atoms with van der Waals surface area (Å²) in [6, 6.07) is 5.61. The Balaban J connectivity index is 1.57. The zero-order chi connectivity index (χ0) is 24.9. The maximum absolute atomic E-state index is 16.6. The lowest BCUT2D eigenvalue weighted by Crippen LogP contribution is -2.14. The fraction of sp³-hybridized carbons (Fsp3) is 0.357. The summed E-state index contributed by atoms with van der Waals surface area (Å²) in [7, 11) is 0. The lowest BCUT2D eigenvalue weighted by Gasteiger charge is -2.15. The summed E-state index contributed by atoms with van der Waals surface area (Å²) in [5.41, 5.74) is 1.50. The summed E-state index contributed by atoms with van der Waals surface area (Å²) in [6.45, 7) is 3.41. The van der Waals surface area contributed by atoms with Crippen LogP contribution in [0.4, 0.5) is 8.78 Å². The Morgan fingerprint density at radius 1 is 1.17 bits per heavy atom. The smallest absolute Gasteiger partial charge is 0.175 e. The van der Waals surface area contributed by atoms with Crippen LogP contribution in [0.15, 0.2) is 24.3 Å². The summed E-state index contributed by atoms with van der Waals surface area (Å²) >= 11 is 0. The summed E-state index contributed by atoms with van der Waals surface area (Å²) in [6.07, 6.45) is 6.45. The lowest BCUT2D eigenvalue weighted by atomic mass is 9.95. The topological polar surface area (TPSA) is 83.2 Å². The average Bonchev–Trinajstić information content (AvgIpc) is 3.73. The molecule has 8 heteroatoms. The number of halogens is 2. The minimum absolute atomic E-state index is 0.0305. The van der Waals surface area contributed by atoms with E-state index in [1.807, 2.05) is 0 Å². The van der Waals surface area contributed by atoms with Crippen LogP contribution in [0.25, 0.3) is 32.9 Å². The molecule has 2 aromatic carbocycles. The van der Waals surface area contributed by atoms with Crippen molar-refractivity contribution in [1.29, 1.82) is 0 Å². The molecule has 0 spiro atoms. The van der Waals surface area contributed by atoms with Gasteiger partial charge < -0.3 is 15.5 Å². The van der Waals surface area contributed by atoms with Crippen molar-refractivity contribution in [2.45, 2.75) is 37.8 Å². The summed E-state index contributed by atoms with van der Waals surface area (Å²) in [4.78, 5) is 4.63. The minimum Gasteiger partial charge on any atom is -0.508 e. The third-order valence-corrected chi connectivity index (χ3v) is 7.99. The number of benzene rings is 2. The number of aromatic nitrogens is 3. The molecular weight excluding hydrogens is 462 g/mol. The van der Waals surface area contributed by atoms with Crippen molar-refractivity contribution in [1.82, 2.24) is 20.1 Å². The Kier molecular flexibility index (Phi) is 4.51. The van der Waals surface area contributed by atoms with Crippen LogP contribution in [0.3, 0.4) is 0 Å². The van der Waals surface area contributed by atoms with Crippen LogP contribution in [0, 0.1) is 35.8 Å². The number of pyridine rings is 1. The fourth-order valence-electron chi connectivity index (χ4n) is 6.13. The molecule has 0 radical (unpaired) electrons. The van der Waals surface area contributed by atoms with Gasteiger partial charge in [-0.2, -0.15) is 5.10 Å². The molecule has 3 fully saturated rings. The second-order valence-corrected chi connectivity index (χ2v) is 10.3. The number of rotatable bonds is 4. The molecule has 7 rings (SSSR count). The van der Waals surface area contributed by atoms with Crippen molar-refractivity contribution in [3.8, 4) is 29.4 Å². The van der Waals surface area contributed by atoms with Gasteiger partial charge in [0.2, 0.25) is 0 Å². The van der Waals surface area contributed by atoms with Crippen LogP contribution in [0.1, 0.15) is 54.8 Å². The Morgan fingerprint density at radius 3 is 2.58 bits per heavy atom. The van der Waals surface area contributed by atoms with Crippen LogP contribution in [0.2, 0.25) is 0 Å². The summed E-state index contributed by atoms with van der Waals surface area (Å²) < 4.78 is 33.0. The van der Waals surface area contributed by atoms with E-state index in [-0.39, 0.29) is 39.9 Å². The van der Waals surface area contributed by atoms with Gasteiger partial charge in [0.1, 0.15) is 22.8 Å². The van der Waals surface area contributed by atoms with Gasteiger partial charge in [0.05, 0.1) is 34.5 Å². The number of aliphatic hydroxyl groups is 1. The highest BCUT2D eigenvalue weighted by Gasteiger charge is 2.56. The van der Waals surface area contributed by atoms with Crippen molar-refractivity contribution in [3.63, 3.8) is 0 Å². The van der Waals surface area contributed by atoms with E-state index in [0.717, 1.165) is 31.6 Å². The van der Waals surface area contributed by atoms with Gasteiger partial charge in [0.25, 0.3) is 0 Å². The molecule has 2 aromatic heterocycles. The number of piperidine rings is 1. The minimum atomic E-state index is -0.994. The van der Waals surface area contributed by atoms with Gasteiger partial charge in [-0.15, -0.1) is 6.42 Å². The molecule has 4 aromatic rings. The molecule has 0 bridgehead atoms. The number of hydrogen-bond donors (Lipinski definition) is 3. The van der Waals surface area contributed by atoms with Gasteiger partial charge in [-0.3, -0.25) is 4.68 Å². The van der Waals surface area contributed by atoms with E-state index < -0.39 is 17.7 Å². The van der Waals surface area contributed by atoms with E-state index in [1.165, 1.54) is 24.3 Å². The number of aromatic hydroxyl groups is 1. The first-order valence-corrected chi connectivity index (χ1v) is 12.3. The molecule has 0 amide bonds. The predicted octanol–water partition coefficient (Wildman–Crippen LogP) is 4.54. The Hall–Kier alpha value is -3.54. The largest absolute Gasteiger partial charge is 0.508 e. The van der Waals surface area contributed by atoms with Crippen molar-refractivity contribution < 1.29 is 19.0 Å². The number of nitrogens with one attached hydrogen (secondary N) is 1. The number of fused-ring (bicyclic) bond motifs is 3. The monoisotopic (exact) mass is 486 g/mol. The van der Waals surface area contributed by atoms with Gasteiger partial charge in [-0.1, -0.05) is 12.0 Å². The second-order valence-electron chi connectivity index (χ2n) is 10.3. The molecule has 3 atom stereocenters. The average molecular weight is 487 g/mol. The summed E-state index contributed by atoms with van der Waals surface area (Å²) in [5, 5.41) is 30.9. The third kappa shape index (κ3) is 2.96. The molecule has 36 heavy (non-hydrogen) atoms. The van der Waals surface area contributed by atoms with Crippen LogP contribution in [-0.2, 0) is 0 Å².